The minimum Gasteiger partial charge on any atom is -0.323 e. The number of amides is 1. The number of pyridine rings is 2. The normalized spacial score (nSPS) is 17.5. The van der Waals surface area contributed by atoms with Crippen molar-refractivity contribution in [1.82, 2.24) is 9.97 Å². The fraction of sp³-hybridized carbons (Fsp3) is 0.125. The van der Waals surface area contributed by atoms with Crippen LogP contribution in [0.15, 0.2) is 84.1 Å². The maximum Gasteiger partial charge on any atom is 0.263 e. The van der Waals surface area contributed by atoms with E-state index in [0.29, 0.717) is 17.2 Å². The summed E-state index contributed by atoms with van der Waals surface area (Å²) in [5.74, 6) is -0.862. The van der Waals surface area contributed by atoms with Crippen molar-refractivity contribution < 1.29 is 17.6 Å². The summed E-state index contributed by atoms with van der Waals surface area (Å²) in [6.45, 7) is 0. The molecule has 2 aromatic carbocycles. The van der Waals surface area contributed by atoms with Crippen molar-refractivity contribution in [2.45, 2.75) is 17.2 Å². The number of benzene rings is 2. The Hall–Kier alpha value is -3.85. The van der Waals surface area contributed by atoms with Gasteiger partial charge in [-0.2, -0.15) is 0 Å². The van der Waals surface area contributed by atoms with Crippen molar-refractivity contribution in [3.05, 3.63) is 90.6 Å². The Labute approximate surface area is 189 Å². The van der Waals surface area contributed by atoms with Gasteiger partial charge in [-0.3, -0.25) is 14.5 Å². The summed E-state index contributed by atoms with van der Waals surface area (Å²) in [6.07, 6.45) is 5.18. The van der Waals surface area contributed by atoms with Gasteiger partial charge in [-0.1, -0.05) is 24.3 Å². The lowest BCUT2D eigenvalue weighted by Gasteiger charge is -2.09. The molecule has 1 fully saturated rings. The monoisotopic (exact) mass is 462 g/mol. The van der Waals surface area contributed by atoms with Crippen LogP contribution in [0.2, 0.25) is 0 Å². The highest BCUT2D eigenvalue weighted by atomic mass is 32.2. The standard InChI is InChI=1S/C24H19FN4O3S/c25-23-18-10-12-26-14-16(18)6-9-21(23)28-24(30)20-13-19(20)15-4-7-17(8-5-15)33(31,32)29-22-3-1-2-11-27-22/h1-12,14,19-20H,13H2,(H,27,29)(H,28,30)/t19-,20+/m0/s1. The van der Waals surface area contributed by atoms with Gasteiger partial charge >= 0.3 is 0 Å². The van der Waals surface area contributed by atoms with Gasteiger partial charge in [-0.15, -0.1) is 0 Å². The van der Waals surface area contributed by atoms with Crippen LogP contribution in [-0.2, 0) is 14.8 Å². The van der Waals surface area contributed by atoms with Crippen molar-refractivity contribution in [3.8, 4) is 0 Å². The second-order valence-electron chi connectivity index (χ2n) is 7.85. The maximum absolute atomic E-state index is 14.7. The number of carbonyl (C=O) groups excluding carboxylic acids is 1. The van der Waals surface area contributed by atoms with Crippen LogP contribution in [0.4, 0.5) is 15.9 Å². The van der Waals surface area contributed by atoms with Crippen molar-refractivity contribution in [3.63, 3.8) is 0 Å². The molecule has 1 aliphatic carbocycles. The molecule has 1 saturated carbocycles. The van der Waals surface area contributed by atoms with Gasteiger partial charge in [0.15, 0.2) is 5.82 Å². The van der Waals surface area contributed by atoms with Crippen molar-refractivity contribution in [2.75, 3.05) is 10.0 Å². The van der Waals surface area contributed by atoms with Crippen molar-refractivity contribution in [2.24, 2.45) is 5.92 Å². The quantitative estimate of drug-likeness (QED) is 0.445. The number of halogens is 1. The number of carbonyl (C=O) groups is 1. The molecule has 1 amide bonds. The molecule has 0 spiro atoms. The number of hydrogen-bond acceptors (Lipinski definition) is 5. The Morgan fingerprint density at radius 3 is 2.58 bits per heavy atom. The van der Waals surface area contributed by atoms with Gasteiger partial charge in [0.1, 0.15) is 5.82 Å². The molecule has 0 bridgehead atoms. The number of nitrogens with zero attached hydrogens (tertiary/aromatic N) is 2. The fourth-order valence-corrected chi connectivity index (χ4v) is 4.83. The second-order valence-corrected chi connectivity index (χ2v) is 9.53. The lowest BCUT2D eigenvalue weighted by atomic mass is 10.1. The third kappa shape index (κ3) is 4.27. The highest BCUT2D eigenvalue weighted by Gasteiger charge is 2.44. The zero-order valence-corrected chi connectivity index (χ0v) is 18.1. The minimum absolute atomic E-state index is 0.0433. The van der Waals surface area contributed by atoms with Gasteiger partial charge < -0.3 is 5.32 Å². The number of anilines is 2. The Kier molecular flexibility index (Phi) is 5.26. The Bertz CT molecular complexity index is 1440. The van der Waals surface area contributed by atoms with E-state index in [1.54, 1.807) is 48.7 Å². The fourth-order valence-electron chi connectivity index (χ4n) is 3.82. The van der Waals surface area contributed by atoms with E-state index in [-0.39, 0.29) is 34.1 Å². The highest BCUT2D eigenvalue weighted by Crippen LogP contribution is 2.48. The third-order valence-corrected chi connectivity index (χ3v) is 7.03. The van der Waals surface area contributed by atoms with Crippen LogP contribution in [-0.4, -0.2) is 24.3 Å². The maximum atomic E-state index is 14.7. The van der Waals surface area contributed by atoms with Crippen LogP contribution in [0, 0.1) is 11.7 Å². The van der Waals surface area contributed by atoms with Gasteiger partial charge in [0.05, 0.1) is 10.6 Å². The molecule has 2 N–H and O–H groups in total. The van der Waals surface area contributed by atoms with Crippen molar-refractivity contribution in [1.29, 1.82) is 0 Å². The van der Waals surface area contributed by atoms with E-state index < -0.39 is 15.8 Å². The van der Waals surface area contributed by atoms with E-state index in [0.717, 1.165) is 5.56 Å². The SMILES string of the molecule is O=C(Nc1ccc2cnccc2c1F)[C@@H]1C[C@H]1c1ccc(S(=O)(=O)Nc2ccccn2)cc1. The topological polar surface area (TPSA) is 101 Å². The molecule has 0 saturated heterocycles. The molecule has 33 heavy (non-hydrogen) atoms. The Balaban J connectivity index is 1.26. The van der Waals surface area contributed by atoms with E-state index in [9.17, 15) is 17.6 Å². The predicted octanol–water partition coefficient (Wildman–Crippen LogP) is 4.31. The summed E-state index contributed by atoms with van der Waals surface area (Å²) in [6, 6.07) is 16.2. The third-order valence-electron chi connectivity index (χ3n) is 5.66. The molecule has 166 valence electrons. The molecule has 7 nitrogen and oxygen atoms in total. The molecule has 2 aromatic heterocycles. The molecule has 5 rings (SSSR count). The number of rotatable bonds is 6. The first-order valence-corrected chi connectivity index (χ1v) is 11.8. The van der Waals surface area contributed by atoms with E-state index in [1.165, 1.54) is 30.6 Å². The molecule has 1 aliphatic rings. The van der Waals surface area contributed by atoms with Gasteiger partial charge in [0.2, 0.25) is 5.91 Å². The average Bonchev–Trinajstić information content (AvgIpc) is 3.63. The van der Waals surface area contributed by atoms with E-state index in [2.05, 4.69) is 20.0 Å². The number of hydrogen-bond donors (Lipinski definition) is 2. The number of fused-ring (bicyclic) bond motifs is 1. The Morgan fingerprint density at radius 1 is 1.00 bits per heavy atom. The van der Waals surface area contributed by atoms with Crippen LogP contribution in [0.25, 0.3) is 10.8 Å². The Morgan fingerprint density at radius 2 is 1.82 bits per heavy atom. The first-order valence-electron chi connectivity index (χ1n) is 10.3. The molecule has 2 heterocycles. The summed E-state index contributed by atoms with van der Waals surface area (Å²) in [5, 5.41) is 3.73. The van der Waals surface area contributed by atoms with Gasteiger partial charge in [0.25, 0.3) is 10.0 Å². The molecule has 2 atom stereocenters. The van der Waals surface area contributed by atoms with Crippen LogP contribution in [0.3, 0.4) is 0 Å². The minimum atomic E-state index is -3.77. The van der Waals surface area contributed by atoms with Gasteiger partial charge in [0, 0.05) is 35.3 Å². The van der Waals surface area contributed by atoms with Crippen LogP contribution < -0.4 is 10.0 Å². The van der Waals surface area contributed by atoms with Crippen LogP contribution in [0.5, 0.6) is 0 Å². The average molecular weight is 463 g/mol. The molecular weight excluding hydrogens is 443 g/mol. The van der Waals surface area contributed by atoms with Crippen molar-refractivity contribution >= 4 is 38.2 Å². The lowest BCUT2D eigenvalue weighted by Crippen LogP contribution is -2.16. The molecule has 4 aromatic rings. The van der Waals surface area contributed by atoms with E-state index in [4.69, 9.17) is 0 Å². The molecule has 9 heteroatoms. The molecular formula is C24H19FN4O3S. The molecule has 0 unspecified atom stereocenters. The summed E-state index contributed by atoms with van der Waals surface area (Å²) in [4.78, 5) is 20.7. The largest absolute Gasteiger partial charge is 0.323 e. The van der Waals surface area contributed by atoms with Gasteiger partial charge in [-0.05, 0) is 54.3 Å². The van der Waals surface area contributed by atoms with Gasteiger partial charge in [-0.25, -0.2) is 17.8 Å². The smallest absolute Gasteiger partial charge is 0.263 e. The summed E-state index contributed by atoms with van der Waals surface area (Å²) >= 11 is 0. The number of sulfonamides is 1. The molecule has 0 radical (unpaired) electrons. The first-order chi connectivity index (χ1) is 15.9. The van der Waals surface area contributed by atoms with Crippen LogP contribution in [0.1, 0.15) is 17.9 Å². The number of nitrogens with one attached hydrogen (secondary N) is 2. The zero-order valence-electron chi connectivity index (χ0n) is 17.3. The predicted molar refractivity (Wildman–Crippen MR) is 123 cm³/mol. The van der Waals surface area contributed by atoms with E-state index >= 15 is 0 Å². The van der Waals surface area contributed by atoms with Crippen LogP contribution >= 0.6 is 0 Å². The first kappa shape index (κ1) is 21.0. The summed E-state index contributed by atoms with van der Waals surface area (Å²) in [5.41, 5.74) is 0.989. The van der Waals surface area contributed by atoms with E-state index in [1.807, 2.05) is 0 Å². The zero-order chi connectivity index (χ0) is 23.0. The molecule has 0 aliphatic heterocycles. The summed E-state index contributed by atoms with van der Waals surface area (Å²) < 4.78 is 42.3. The lowest BCUT2D eigenvalue weighted by molar-refractivity contribution is -0.117. The highest BCUT2D eigenvalue weighted by molar-refractivity contribution is 7.92. The number of aromatic nitrogens is 2. The summed E-state index contributed by atoms with van der Waals surface area (Å²) in [7, 11) is -3.77. The second kappa shape index (κ2) is 8.25.